The first-order valence-electron chi connectivity index (χ1n) is 18.1. The zero-order valence-electron chi connectivity index (χ0n) is 33.1. The maximum atomic E-state index is 12.1. The number of carboxylic acids is 1. The highest BCUT2D eigenvalue weighted by Crippen LogP contribution is 2.24. The van der Waals surface area contributed by atoms with Gasteiger partial charge < -0.3 is 36.6 Å². The standard InChI is InChI=1S/C18H24N8OS.C14H15N7O2S.C4H11N/c1-18(2,3)24-16(27)11-25-4-6-26(7-5-25)15-8-14(21-12-22-15)23-17-20-10-13(9-19)28-17;15-6-10-7-16-14(24-10)19-11-5-12(18-9-17-11)21-3-1-20(2-4-21)8-13(22)23;1-4(2,3)5/h8,10,12H,4-7,11H2,1-3H3,(H,24,27)(H,20,21,22,23);5,7,9H,1-4,8H2,(H,22,23)(H,16,17,18,19);5H2,1-3H3. The number of nitrogens with zero attached hydrogens (tertiary/aromatic N) is 12. The number of rotatable bonds is 10. The Bertz CT molecular complexity index is 1990. The lowest BCUT2D eigenvalue weighted by atomic mass is 10.1. The number of hydrogen-bond acceptors (Lipinski definition) is 19. The molecule has 2 fully saturated rings. The van der Waals surface area contributed by atoms with Crippen molar-refractivity contribution in [2.75, 3.05) is 85.9 Å². The van der Waals surface area contributed by atoms with Gasteiger partial charge in [-0.05, 0) is 41.5 Å². The molecule has 2 aliphatic rings. The van der Waals surface area contributed by atoms with Crippen LogP contribution in [-0.2, 0) is 9.59 Å². The van der Waals surface area contributed by atoms with E-state index >= 15 is 0 Å². The fourth-order valence-electron chi connectivity index (χ4n) is 5.29. The first-order chi connectivity index (χ1) is 27.0. The van der Waals surface area contributed by atoms with E-state index in [9.17, 15) is 9.59 Å². The fraction of sp³-hybridized carbons (Fsp3) is 0.500. The minimum absolute atomic E-state index is 0. The number of anilines is 6. The van der Waals surface area contributed by atoms with Gasteiger partial charge in [-0.15, -0.1) is 0 Å². The molecule has 304 valence electrons. The van der Waals surface area contributed by atoms with Crippen LogP contribution in [0.3, 0.4) is 0 Å². The number of aliphatic carboxylic acids is 1. The zero-order chi connectivity index (χ0) is 41.6. The van der Waals surface area contributed by atoms with Gasteiger partial charge in [0.15, 0.2) is 10.3 Å². The van der Waals surface area contributed by atoms with Gasteiger partial charge in [0.1, 0.15) is 57.8 Å². The molecule has 0 aliphatic carbocycles. The molecule has 21 heteroatoms. The second kappa shape index (κ2) is 20.5. The summed E-state index contributed by atoms with van der Waals surface area (Å²) in [5, 5.41) is 36.9. The molecule has 0 atom stereocenters. The molecule has 1 amide bonds. The summed E-state index contributed by atoms with van der Waals surface area (Å²) in [6.07, 6.45) is 6.03. The molecule has 4 aromatic heterocycles. The number of nitrogens with two attached hydrogens (primary N) is 1. The molecule has 2 aliphatic heterocycles. The van der Waals surface area contributed by atoms with Crippen LogP contribution in [0.2, 0.25) is 0 Å². The lowest BCUT2D eigenvalue weighted by Gasteiger charge is -2.35. The third-order valence-corrected chi connectivity index (χ3v) is 9.27. The predicted molar refractivity (Wildman–Crippen MR) is 221 cm³/mol. The van der Waals surface area contributed by atoms with Gasteiger partial charge in [-0.3, -0.25) is 19.4 Å². The van der Waals surface area contributed by atoms with Crippen LogP contribution in [0.25, 0.3) is 0 Å². The SMILES string of the molecule is CC(C)(C)N.CC(C)(C)NC(=O)CN1CCN(c2cc(Nc3ncc(C#N)s3)ncn2)CC1.N#Cc1cnc(Nc2cc(N3CCN(CC(=O)O)CC3)ncn2)s1. The minimum Gasteiger partial charge on any atom is -0.480 e. The Balaban J connectivity index is 0.000000228. The summed E-state index contributed by atoms with van der Waals surface area (Å²) in [7, 11) is 0. The molecule has 6 rings (SSSR count). The van der Waals surface area contributed by atoms with Crippen LogP contribution in [0.1, 0.15) is 51.3 Å². The molecule has 0 radical (unpaired) electrons. The molecule has 19 nitrogen and oxygen atoms in total. The number of carbonyl (C=O) groups excluding carboxylic acids is 1. The van der Waals surface area contributed by atoms with Crippen molar-refractivity contribution in [1.29, 1.82) is 10.5 Å². The monoisotopic (exact) mass is 818 g/mol. The topological polar surface area (TPSA) is 254 Å². The van der Waals surface area contributed by atoms with Gasteiger partial charge in [0.05, 0.1) is 25.5 Å². The van der Waals surface area contributed by atoms with Crippen molar-refractivity contribution >= 4 is 68.1 Å². The van der Waals surface area contributed by atoms with Crippen LogP contribution in [0, 0.1) is 22.7 Å². The first kappa shape index (κ1) is 44.1. The summed E-state index contributed by atoms with van der Waals surface area (Å²) in [5.41, 5.74) is 5.14. The smallest absolute Gasteiger partial charge is 0.317 e. The normalized spacial score (nSPS) is 14.8. The third-order valence-electron chi connectivity index (χ3n) is 7.64. The van der Waals surface area contributed by atoms with Gasteiger partial charge in [0.2, 0.25) is 5.91 Å². The number of piperazine rings is 2. The highest BCUT2D eigenvalue weighted by atomic mass is 32.1. The molecule has 0 bridgehead atoms. The number of amides is 1. The molecule has 57 heavy (non-hydrogen) atoms. The van der Waals surface area contributed by atoms with Crippen molar-refractivity contribution in [2.24, 2.45) is 5.73 Å². The summed E-state index contributed by atoms with van der Waals surface area (Å²) in [5.74, 6) is 2.09. The van der Waals surface area contributed by atoms with Crippen molar-refractivity contribution in [3.05, 3.63) is 46.9 Å². The molecular formula is C36H50N16O3S2. The van der Waals surface area contributed by atoms with Gasteiger partial charge in [0, 0.05) is 75.6 Å². The number of carboxylic acid groups (broad SMARTS) is 1. The minimum atomic E-state index is -0.808. The molecular weight excluding hydrogens is 769 g/mol. The van der Waals surface area contributed by atoms with Crippen LogP contribution in [0.15, 0.2) is 37.2 Å². The number of thiazole rings is 2. The summed E-state index contributed by atoms with van der Waals surface area (Å²) in [6.45, 7) is 18.3. The van der Waals surface area contributed by atoms with E-state index in [0.717, 1.165) is 37.8 Å². The molecule has 0 saturated carbocycles. The van der Waals surface area contributed by atoms with E-state index in [1.807, 2.05) is 64.6 Å². The lowest BCUT2D eigenvalue weighted by molar-refractivity contribution is -0.138. The number of nitriles is 2. The van der Waals surface area contributed by atoms with Crippen LogP contribution in [0.5, 0.6) is 0 Å². The van der Waals surface area contributed by atoms with E-state index in [-0.39, 0.29) is 23.5 Å². The summed E-state index contributed by atoms with van der Waals surface area (Å²) in [4.78, 5) is 57.5. The van der Waals surface area contributed by atoms with Crippen molar-refractivity contribution < 1.29 is 14.7 Å². The average molecular weight is 819 g/mol. The Morgan fingerprint density at radius 3 is 1.47 bits per heavy atom. The largest absolute Gasteiger partial charge is 0.480 e. The third kappa shape index (κ3) is 16.2. The van der Waals surface area contributed by atoms with Gasteiger partial charge in [-0.2, -0.15) is 10.5 Å². The zero-order valence-corrected chi connectivity index (χ0v) is 34.7. The van der Waals surface area contributed by atoms with E-state index < -0.39 is 5.97 Å². The molecule has 0 unspecified atom stereocenters. The summed E-state index contributed by atoms with van der Waals surface area (Å²) in [6, 6.07) is 7.80. The van der Waals surface area contributed by atoms with E-state index in [0.29, 0.717) is 64.4 Å². The average Bonchev–Trinajstić information content (AvgIpc) is 3.80. The Labute approximate surface area is 340 Å². The van der Waals surface area contributed by atoms with Crippen LogP contribution >= 0.6 is 22.7 Å². The maximum Gasteiger partial charge on any atom is 0.317 e. The number of nitrogens with one attached hydrogen (secondary N) is 3. The lowest BCUT2D eigenvalue weighted by Crippen LogP contribution is -2.52. The van der Waals surface area contributed by atoms with Crippen LogP contribution < -0.4 is 31.5 Å². The molecule has 0 spiro atoms. The van der Waals surface area contributed by atoms with Gasteiger partial charge in [-0.25, -0.2) is 29.9 Å². The van der Waals surface area contributed by atoms with Crippen molar-refractivity contribution in [3.63, 3.8) is 0 Å². The Hall–Kier alpha value is -5.58. The van der Waals surface area contributed by atoms with Crippen molar-refractivity contribution in [1.82, 2.24) is 45.0 Å². The van der Waals surface area contributed by atoms with Gasteiger partial charge in [0.25, 0.3) is 0 Å². The number of hydrogen-bond donors (Lipinski definition) is 5. The molecule has 6 heterocycles. The Morgan fingerprint density at radius 1 is 0.719 bits per heavy atom. The molecule has 4 aromatic rings. The summed E-state index contributed by atoms with van der Waals surface area (Å²) >= 11 is 2.53. The predicted octanol–water partition coefficient (Wildman–Crippen LogP) is 3.08. The van der Waals surface area contributed by atoms with Gasteiger partial charge >= 0.3 is 5.97 Å². The van der Waals surface area contributed by atoms with E-state index in [2.05, 4.69) is 66.6 Å². The maximum absolute atomic E-state index is 12.1. The first-order valence-corrected chi connectivity index (χ1v) is 19.8. The number of aromatic nitrogens is 6. The summed E-state index contributed by atoms with van der Waals surface area (Å²) < 4.78 is 0. The quantitative estimate of drug-likeness (QED) is 0.154. The Kier molecular flexibility index (Phi) is 15.9. The Morgan fingerprint density at radius 2 is 1.12 bits per heavy atom. The fourth-order valence-corrected chi connectivity index (χ4v) is 6.53. The highest BCUT2D eigenvalue weighted by molar-refractivity contribution is 7.16. The molecule has 2 saturated heterocycles. The second-order valence-corrected chi connectivity index (χ2v) is 17.2. The van der Waals surface area contributed by atoms with Crippen molar-refractivity contribution in [3.8, 4) is 12.1 Å². The van der Waals surface area contributed by atoms with Crippen LogP contribution in [-0.4, -0.2) is 133 Å². The molecule has 6 N–H and O–H groups in total. The molecule has 0 aromatic carbocycles. The van der Waals surface area contributed by atoms with Crippen molar-refractivity contribution in [2.45, 2.75) is 52.6 Å². The number of carbonyl (C=O) groups is 2. The second-order valence-electron chi connectivity index (χ2n) is 15.1. The van der Waals surface area contributed by atoms with Gasteiger partial charge in [-0.1, -0.05) is 22.7 Å². The van der Waals surface area contributed by atoms with Crippen LogP contribution in [0.4, 0.5) is 33.5 Å². The van der Waals surface area contributed by atoms with E-state index in [1.54, 1.807) is 0 Å². The highest BCUT2D eigenvalue weighted by Gasteiger charge is 2.23. The van der Waals surface area contributed by atoms with E-state index in [4.69, 9.17) is 21.4 Å². The van der Waals surface area contributed by atoms with E-state index in [1.165, 1.54) is 47.7 Å².